The van der Waals surface area contributed by atoms with E-state index in [1.54, 1.807) is 56.0 Å². The Balaban J connectivity index is 1.81. The molecule has 4 amide bonds. The zero-order valence-corrected chi connectivity index (χ0v) is 21.2. The fourth-order valence-corrected chi connectivity index (χ4v) is 4.06. The predicted octanol–water partition coefficient (Wildman–Crippen LogP) is 5.80. The highest BCUT2D eigenvalue weighted by molar-refractivity contribution is 9.10. The number of hydrogen-bond acceptors (Lipinski definition) is 4. The van der Waals surface area contributed by atoms with E-state index in [-0.39, 0.29) is 12.1 Å². The van der Waals surface area contributed by atoms with Crippen molar-refractivity contribution in [2.24, 2.45) is 0 Å². The van der Waals surface area contributed by atoms with Crippen LogP contribution < -0.4 is 16.0 Å². The van der Waals surface area contributed by atoms with Gasteiger partial charge in [0, 0.05) is 22.4 Å². The highest BCUT2D eigenvalue weighted by Gasteiger charge is 2.36. The standard InChI is InChI=1S/C25H29BrN4O4/c1-5-14-30-16(4)21(23(31)34-15(2)3)22(29-25(30)33)17-10-12-18(13-11-17)27-24(32)28-20-9-7-6-8-19(20)26/h6-13,15,22H,5,14H2,1-4H3,(H,29,33)(H2,27,28,32). The molecule has 0 bridgehead atoms. The number of ether oxygens (including phenoxy) is 1. The summed E-state index contributed by atoms with van der Waals surface area (Å²) in [6.45, 7) is 7.80. The van der Waals surface area contributed by atoms with Gasteiger partial charge in [0.1, 0.15) is 0 Å². The molecule has 2 aromatic rings. The lowest BCUT2D eigenvalue weighted by Crippen LogP contribution is -2.48. The van der Waals surface area contributed by atoms with Crippen molar-refractivity contribution >= 4 is 45.3 Å². The van der Waals surface area contributed by atoms with Crippen LogP contribution >= 0.6 is 15.9 Å². The molecule has 2 aromatic carbocycles. The van der Waals surface area contributed by atoms with E-state index >= 15 is 0 Å². The number of benzene rings is 2. The molecule has 1 aliphatic heterocycles. The molecule has 0 saturated carbocycles. The topological polar surface area (TPSA) is 99.8 Å². The van der Waals surface area contributed by atoms with E-state index in [1.165, 1.54) is 0 Å². The molecule has 3 N–H and O–H groups in total. The third-order valence-electron chi connectivity index (χ3n) is 5.23. The predicted molar refractivity (Wildman–Crippen MR) is 135 cm³/mol. The highest BCUT2D eigenvalue weighted by Crippen LogP contribution is 2.32. The molecule has 0 aliphatic carbocycles. The monoisotopic (exact) mass is 528 g/mol. The van der Waals surface area contributed by atoms with Gasteiger partial charge in [-0.15, -0.1) is 0 Å². The van der Waals surface area contributed by atoms with Gasteiger partial charge in [0.25, 0.3) is 0 Å². The molecule has 1 atom stereocenters. The van der Waals surface area contributed by atoms with E-state index in [0.29, 0.717) is 34.8 Å². The van der Waals surface area contributed by atoms with Crippen LogP contribution in [-0.4, -0.2) is 35.6 Å². The number of anilines is 2. The number of nitrogens with one attached hydrogen (secondary N) is 3. The Hall–Kier alpha value is -3.33. The fourth-order valence-electron chi connectivity index (χ4n) is 3.67. The number of nitrogens with zero attached hydrogens (tertiary/aromatic N) is 1. The minimum absolute atomic E-state index is 0.263. The number of para-hydroxylation sites is 1. The number of urea groups is 2. The molecule has 0 spiro atoms. The average Bonchev–Trinajstić information content (AvgIpc) is 2.77. The van der Waals surface area contributed by atoms with Gasteiger partial charge in [0.2, 0.25) is 0 Å². The summed E-state index contributed by atoms with van der Waals surface area (Å²) in [5.41, 5.74) is 2.89. The first-order valence-corrected chi connectivity index (χ1v) is 11.9. The molecule has 0 saturated heterocycles. The summed E-state index contributed by atoms with van der Waals surface area (Å²) in [5, 5.41) is 8.48. The van der Waals surface area contributed by atoms with Crippen LogP contribution in [0.25, 0.3) is 0 Å². The molecule has 3 rings (SSSR count). The second-order valence-electron chi connectivity index (χ2n) is 8.17. The Morgan fingerprint density at radius 3 is 2.41 bits per heavy atom. The van der Waals surface area contributed by atoms with Gasteiger partial charge in [0.15, 0.2) is 0 Å². The Morgan fingerprint density at radius 2 is 1.79 bits per heavy atom. The smallest absolute Gasteiger partial charge is 0.338 e. The van der Waals surface area contributed by atoms with Crippen molar-refractivity contribution in [3.05, 3.63) is 69.8 Å². The average molecular weight is 529 g/mol. The SMILES string of the molecule is CCCN1C(=O)NC(c2ccc(NC(=O)Nc3ccccc3Br)cc2)C(C(=O)OC(C)C)=C1C. The maximum Gasteiger partial charge on any atom is 0.338 e. The number of rotatable bonds is 7. The lowest BCUT2D eigenvalue weighted by atomic mass is 9.94. The van der Waals surface area contributed by atoms with E-state index in [2.05, 4.69) is 31.9 Å². The molecule has 1 unspecified atom stereocenters. The molecule has 1 aliphatic rings. The van der Waals surface area contributed by atoms with Crippen molar-refractivity contribution in [3.63, 3.8) is 0 Å². The van der Waals surface area contributed by atoms with Crippen LogP contribution in [0, 0.1) is 0 Å². The van der Waals surface area contributed by atoms with Crippen LogP contribution in [0.5, 0.6) is 0 Å². The van der Waals surface area contributed by atoms with Gasteiger partial charge >= 0.3 is 18.0 Å². The van der Waals surface area contributed by atoms with Gasteiger partial charge in [-0.2, -0.15) is 0 Å². The number of carbonyl (C=O) groups excluding carboxylic acids is 3. The van der Waals surface area contributed by atoms with Crippen molar-refractivity contribution in [1.82, 2.24) is 10.2 Å². The Morgan fingerprint density at radius 1 is 1.12 bits per heavy atom. The van der Waals surface area contributed by atoms with Crippen molar-refractivity contribution in [3.8, 4) is 0 Å². The third-order valence-corrected chi connectivity index (χ3v) is 5.92. The lowest BCUT2D eigenvalue weighted by Gasteiger charge is -2.35. The zero-order chi connectivity index (χ0) is 24.8. The number of halogens is 1. The molecule has 0 radical (unpaired) electrons. The maximum absolute atomic E-state index is 12.9. The van der Waals surface area contributed by atoms with Crippen LogP contribution in [0.3, 0.4) is 0 Å². The molecule has 8 nitrogen and oxygen atoms in total. The number of amides is 4. The largest absolute Gasteiger partial charge is 0.459 e. The summed E-state index contributed by atoms with van der Waals surface area (Å²) in [5.74, 6) is -0.464. The van der Waals surface area contributed by atoms with Crippen LogP contribution in [0.15, 0.2) is 64.3 Å². The Labute approximate surface area is 207 Å². The van der Waals surface area contributed by atoms with Gasteiger partial charge in [-0.25, -0.2) is 14.4 Å². The van der Waals surface area contributed by atoms with Gasteiger partial charge in [-0.05, 0) is 73.0 Å². The minimum Gasteiger partial charge on any atom is -0.459 e. The van der Waals surface area contributed by atoms with Gasteiger partial charge in [-0.3, -0.25) is 4.90 Å². The van der Waals surface area contributed by atoms with Crippen LogP contribution in [-0.2, 0) is 9.53 Å². The second-order valence-corrected chi connectivity index (χ2v) is 9.02. The normalized spacial score (nSPS) is 15.8. The molecule has 0 aromatic heterocycles. The second kappa shape index (κ2) is 11.2. The van der Waals surface area contributed by atoms with E-state index in [1.807, 2.05) is 25.1 Å². The van der Waals surface area contributed by atoms with E-state index in [9.17, 15) is 14.4 Å². The molecule has 180 valence electrons. The molecular weight excluding hydrogens is 500 g/mol. The van der Waals surface area contributed by atoms with Crippen molar-refractivity contribution in [2.75, 3.05) is 17.2 Å². The quantitative estimate of drug-likeness (QED) is 0.395. The Bertz CT molecular complexity index is 1100. The van der Waals surface area contributed by atoms with E-state index in [0.717, 1.165) is 10.9 Å². The maximum atomic E-state index is 12.9. The molecule has 1 heterocycles. The summed E-state index contributed by atoms with van der Waals surface area (Å²) < 4.78 is 6.24. The van der Waals surface area contributed by atoms with Gasteiger partial charge in [0.05, 0.1) is 23.4 Å². The number of allylic oxidation sites excluding steroid dienone is 1. The molecular formula is C25H29BrN4O4. The van der Waals surface area contributed by atoms with Gasteiger partial charge < -0.3 is 20.7 Å². The first kappa shape index (κ1) is 25.3. The summed E-state index contributed by atoms with van der Waals surface area (Å²) in [6.07, 6.45) is 0.463. The summed E-state index contributed by atoms with van der Waals surface area (Å²) in [7, 11) is 0. The van der Waals surface area contributed by atoms with Crippen molar-refractivity contribution < 1.29 is 19.1 Å². The molecule has 34 heavy (non-hydrogen) atoms. The molecule has 0 fully saturated rings. The fraction of sp³-hybridized carbons (Fsp3) is 0.320. The number of esters is 1. The first-order chi connectivity index (χ1) is 16.2. The molecule has 9 heteroatoms. The lowest BCUT2D eigenvalue weighted by molar-refractivity contribution is -0.143. The summed E-state index contributed by atoms with van der Waals surface area (Å²) in [6, 6.07) is 13.0. The first-order valence-electron chi connectivity index (χ1n) is 11.1. The Kier molecular flexibility index (Phi) is 8.33. The van der Waals surface area contributed by atoms with Crippen LogP contribution in [0.1, 0.15) is 45.7 Å². The zero-order valence-electron chi connectivity index (χ0n) is 19.6. The van der Waals surface area contributed by atoms with Crippen LogP contribution in [0.2, 0.25) is 0 Å². The van der Waals surface area contributed by atoms with Crippen molar-refractivity contribution in [1.29, 1.82) is 0 Å². The van der Waals surface area contributed by atoms with Crippen molar-refractivity contribution in [2.45, 2.75) is 46.3 Å². The highest BCUT2D eigenvalue weighted by atomic mass is 79.9. The number of hydrogen-bond donors (Lipinski definition) is 3. The van der Waals surface area contributed by atoms with E-state index in [4.69, 9.17) is 4.74 Å². The third kappa shape index (κ3) is 5.96. The van der Waals surface area contributed by atoms with Gasteiger partial charge in [-0.1, -0.05) is 31.2 Å². The minimum atomic E-state index is -0.657. The summed E-state index contributed by atoms with van der Waals surface area (Å²) in [4.78, 5) is 39.6. The van der Waals surface area contributed by atoms with E-state index < -0.39 is 18.0 Å². The number of carbonyl (C=O) groups is 3. The van der Waals surface area contributed by atoms with Crippen LogP contribution in [0.4, 0.5) is 21.0 Å². The summed E-state index contributed by atoms with van der Waals surface area (Å²) >= 11 is 3.40.